The van der Waals surface area contributed by atoms with Crippen LogP contribution in [-0.2, 0) is 13.0 Å². The van der Waals surface area contributed by atoms with Crippen LogP contribution < -0.4 is 5.73 Å². The van der Waals surface area contributed by atoms with Crippen molar-refractivity contribution in [2.45, 2.75) is 32.7 Å². The van der Waals surface area contributed by atoms with Gasteiger partial charge in [-0.3, -0.25) is 4.79 Å². The number of aromatic nitrogens is 2. The van der Waals surface area contributed by atoms with Crippen molar-refractivity contribution >= 4 is 32.6 Å². The van der Waals surface area contributed by atoms with Crippen LogP contribution in [0.1, 0.15) is 47.5 Å². The minimum absolute atomic E-state index is 0.0109. The largest absolute Gasteiger partial charge is 0.445 e. The third-order valence-corrected chi connectivity index (χ3v) is 5.04. The lowest BCUT2D eigenvalue weighted by atomic mass is 10.1. The third-order valence-electron chi connectivity index (χ3n) is 4.18. The molecule has 0 spiro atoms. The predicted molar refractivity (Wildman–Crippen MR) is 93.1 cm³/mol. The van der Waals surface area contributed by atoms with Crippen molar-refractivity contribution in [1.29, 1.82) is 0 Å². The Morgan fingerprint density at radius 2 is 2.21 bits per heavy atom. The lowest BCUT2D eigenvalue weighted by Gasteiger charge is -2.25. The minimum atomic E-state index is -0.0109. The molecule has 1 aliphatic heterocycles. The van der Waals surface area contributed by atoms with Gasteiger partial charge in [0, 0.05) is 24.4 Å². The van der Waals surface area contributed by atoms with Gasteiger partial charge in [-0.05, 0) is 18.2 Å². The fourth-order valence-corrected chi connectivity index (χ4v) is 3.61. The van der Waals surface area contributed by atoms with E-state index in [0.29, 0.717) is 30.2 Å². The summed E-state index contributed by atoms with van der Waals surface area (Å²) in [6, 6.07) is 5.54. The van der Waals surface area contributed by atoms with Crippen molar-refractivity contribution in [1.82, 2.24) is 14.9 Å². The van der Waals surface area contributed by atoms with Crippen molar-refractivity contribution in [3.63, 3.8) is 0 Å². The first-order valence-electron chi connectivity index (χ1n) is 7.95. The molecule has 0 bridgehead atoms. The van der Waals surface area contributed by atoms with Crippen LogP contribution in [0.3, 0.4) is 0 Å². The van der Waals surface area contributed by atoms with E-state index < -0.39 is 0 Å². The highest BCUT2D eigenvalue weighted by Gasteiger charge is 2.27. The van der Waals surface area contributed by atoms with Gasteiger partial charge in [-0.15, -0.1) is 0 Å². The first-order valence-corrected chi connectivity index (χ1v) is 8.76. The highest BCUT2D eigenvalue weighted by atomic mass is 32.1. The Labute approximate surface area is 143 Å². The van der Waals surface area contributed by atoms with E-state index in [0.717, 1.165) is 27.6 Å². The molecule has 2 aromatic heterocycles. The summed E-state index contributed by atoms with van der Waals surface area (Å²) in [5.41, 5.74) is 8.00. The molecule has 3 heterocycles. The lowest BCUT2D eigenvalue weighted by molar-refractivity contribution is 0.0728. The SMILES string of the molecule is CC(C)c1nc2c(o1)CCN(C(=O)c1ccc3sc(N)nc3c1)C2. The number of carbonyl (C=O) groups excluding carboxylic acids is 1. The van der Waals surface area contributed by atoms with Crippen LogP contribution in [0.4, 0.5) is 5.13 Å². The number of nitrogens with zero attached hydrogens (tertiary/aromatic N) is 3. The molecule has 24 heavy (non-hydrogen) atoms. The molecule has 1 aliphatic rings. The summed E-state index contributed by atoms with van der Waals surface area (Å²) >= 11 is 1.42. The Bertz CT molecular complexity index is 928. The summed E-state index contributed by atoms with van der Waals surface area (Å²) < 4.78 is 6.78. The molecule has 0 atom stereocenters. The van der Waals surface area contributed by atoms with Gasteiger partial charge in [-0.2, -0.15) is 0 Å². The van der Waals surface area contributed by atoms with Gasteiger partial charge in [0.05, 0.1) is 16.8 Å². The average Bonchev–Trinajstić information content (AvgIpc) is 3.14. The van der Waals surface area contributed by atoms with Gasteiger partial charge in [-0.1, -0.05) is 25.2 Å². The van der Waals surface area contributed by atoms with E-state index in [1.165, 1.54) is 11.3 Å². The Kier molecular flexibility index (Phi) is 3.53. The number of hydrogen-bond donors (Lipinski definition) is 1. The van der Waals surface area contributed by atoms with Crippen LogP contribution in [-0.4, -0.2) is 27.3 Å². The zero-order valence-corrected chi connectivity index (χ0v) is 14.4. The number of nitrogens with two attached hydrogens (primary N) is 1. The van der Waals surface area contributed by atoms with Gasteiger partial charge in [0.25, 0.3) is 5.91 Å². The molecule has 7 heteroatoms. The van der Waals surface area contributed by atoms with E-state index in [1.807, 2.05) is 23.1 Å². The molecule has 6 nitrogen and oxygen atoms in total. The Morgan fingerprint density at radius 3 is 3.00 bits per heavy atom. The summed E-state index contributed by atoms with van der Waals surface area (Å²) in [5.74, 6) is 1.89. The van der Waals surface area contributed by atoms with Gasteiger partial charge in [-0.25, -0.2) is 9.97 Å². The summed E-state index contributed by atoms with van der Waals surface area (Å²) in [5, 5.41) is 0.515. The number of hydrogen-bond acceptors (Lipinski definition) is 6. The first kappa shape index (κ1) is 15.1. The molecule has 3 aromatic rings. The normalized spacial score (nSPS) is 14.4. The fraction of sp³-hybridized carbons (Fsp3) is 0.353. The quantitative estimate of drug-likeness (QED) is 0.773. The molecule has 2 N–H and O–H groups in total. The van der Waals surface area contributed by atoms with E-state index in [2.05, 4.69) is 23.8 Å². The van der Waals surface area contributed by atoms with Gasteiger partial charge in [0.15, 0.2) is 11.0 Å². The monoisotopic (exact) mass is 342 g/mol. The Balaban J connectivity index is 1.59. The molecule has 4 rings (SSSR count). The maximum absolute atomic E-state index is 12.8. The van der Waals surface area contributed by atoms with Crippen molar-refractivity contribution < 1.29 is 9.21 Å². The fourth-order valence-electron chi connectivity index (χ4n) is 2.90. The number of anilines is 1. The second-order valence-corrected chi connectivity index (χ2v) is 7.35. The van der Waals surface area contributed by atoms with Crippen LogP contribution in [0.2, 0.25) is 0 Å². The first-order chi connectivity index (χ1) is 11.5. The summed E-state index contributed by atoms with van der Waals surface area (Å²) in [6.45, 7) is 5.22. The van der Waals surface area contributed by atoms with Gasteiger partial charge in [0.1, 0.15) is 11.5 Å². The van der Waals surface area contributed by atoms with Crippen LogP contribution in [0.15, 0.2) is 22.6 Å². The molecule has 0 saturated heterocycles. The molecule has 1 aromatic carbocycles. The van der Waals surface area contributed by atoms with Crippen LogP contribution in [0.25, 0.3) is 10.2 Å². The zero-order valence-electron chi connectivity index (χ0n) is 13.6. The maximum atomic E-state index is 12.8. The second kappa shape index (κ2) is 5.59. The molecule has 124 valence electrons. The molecule has 0 unspecified atom stereocenters. The number of amides is 1. The van der Waals surface area contributed by atoms with E-state index in [9.17, 15) is 4.79 Å². The number of rotatable bonds is 2. The second-order valence-electron chi connectivity index (χ2n) is 6.29. The average molecular weight is 342 g/mol. The van der Waals surface area contributed by atoms with E-state index >= 15 is 0 Å². The Hall–Kier alpha value is -2.41. The number of oxazole rings is 1. The number of fused-ring (bicyclic) bond motifs is 2. The van der Waals surface area contributed by atoms with E-state index in [1.54, 1.807) is 0 Å². The Morgan fingerprint density at radius 1 is 1.38 bits per heavy atom. The number of nitrogen functional groups attached to an aromatic ring is 1. The standard InChI is InChI=1S/C17H18N4O2S/c1-9(2)15-19-12-8-21(6-5-13(12)23-15)16(22)10-3-4-14-11(7-10)20-17(18)24-14/h3-4,7,9H,5-6,8H2,1-2H3,(H2,18,20). The number of benzene rings is 1. The maximum Gasteiger partial charge on any atom is 0.254 e. The third kappa shape index (κ3) is 2.54. The van der Waals surface area contributed by atoms with Crippen LogP contribution in [0.5, 0.6) is 0 Å². The van der Waals surface area contributed by atoms with Gasteiger partial charge >= 0.3 is 0 Å². The smallest absolute Gasteiger partial charge is 0.254 e. The minimum Gasteiger partial charge on any atom is -0.445 e. The molecule has 0 fully saturated rings. The summed E-state index contributed by atoms with van der Waals surface area (Å²) in [6.07, 6.45) is 0.701. The van der Waals surface area contributed by atoms with Crippen LogP contribution in [0, 0.1) is 0 Å². The predicted octanol–water partition coefficient (Wildman–Crippen LogP) is 3.19. The van der Waals surface area contributed by atoms with Crippen molar-refractivity contribution in [2.75, 3.05) is 12.3 Å². The summed E-state index contributed by atoms with van der Waals surface area (Å²) in [4.78, 5) is 23.4. The number of thiazole rings is 1. The molecule has 1 amide bonds. The molecule has 0 aliphatic carbocycles. The molecular formula is C17H18N4O2S. The summed E-state index contributed by atoms with van der Waals surface area (Å²) in [7, 11) is 0. The van der Waals surface area contributed by atoms with Crippen molar-refractivity contribution in [3.05, 3.63) is 41.1 Å². The van der Waals surface area contributed by atoms with Crippen molar-refractivity contribution in [3.8, 4) is 0 Å². The van der Waals surface area contributed by atoms with E-state index in [-0.39, 0.29) is 11.8 Å². The number of carbonyl (C=O) groups is 1. The molecule has 0 saturated carbocycles. The highest BCUT2D eigenvalue weighted by Crippen LogP contribution is 2.27. The molecule has 0 radical (unpaired) electrons. The van der Waals surface area contributed by atoms with Crippen LogP contribution >= 0.6 is 11.3 Å². The molecular weight excluding hydrogens is 324 g/mol. The van der Waals surface area contributed by atoms with Crippen molar-refractivity contribution in [2.24, 2.45) is 0 Å². The van der Waals surface area contributed by atoms with E-state index in [4.69, 9.17) is 10.2 Å². The topological polar surface area (TPSA) is 85.2 Å². The zero-order chi connectivity index (χ0) is 16.8. The van der Waals surface area contributed by atoms with Gasteiger partial charge in [0.2, 0.25) is 0 Å². The highest BCUT2D eigenvalue weighted by molar-refractivity contribution is 7.22. The van der Waals surface area contributed by atoms with Gasteiger partial charge < -0.3 is 15.1 Å². The lowest BCUT2D eigenvalue weighted by Crippen LogP contribution is -2.35.